The van der Waals surface area contributed by atoms with Gasteiger partial charge in [0.2, 0.25) is 25.3 Å². The minimum absolute atomic E-state index is 0.0370. The summed E-state index contributed by atoms with van der Waals surface area (Å²) in [4.78, 5) is -0.406. The molecule has 2 rings (SSSR count). The van der Waals surface area contributed by atoms with Gasteiger partial charge in [0.25, 0.3) is 0 Å². The van der Waals surface area contributed by atoms with Crippen LogP contribution in [-0.4, -0.2) is 28.7 Å². The lowest BCUT2D eigenvalue weighted by Crippen LogP contribution is -2.29. The Morgan fingerprint density at radius 1 is 1.44 bits per heavy atom. The zero-order valence-corrected chi connectivity index (χ0v) is 19.0. The molecule has 6 nitrogen and oxygen atoms in total. The molecule has 3 N–H and O–H groups in total. The van der Waals surface area contributed by atoms with Crippen molar-refractivity contribution in [2.75, 3.05) is 6.54 Å². The van der Waals surface area contributed by atoms with Crippen molar-refractivity contribution in [2.24, 2.45) is 0 Å². The Kier molecular flexibility index (Phi) is 7.51. The first-order valence-corrected chi connectivity index (χ1v) is 13.8. The van der Waals surface area contributed by atoms with E-state index in [1.807, 2.05) is 19.6 Å². The van der Waals surface area contributed by atoms with Crippen molar-refractivity contribution in [1.29, 1.82) is 0 Å². The molecule has 0 aliphatic rings. The highest BCUT2D eigenvalue weighted by Crippen LogP contribution is 2.49. The summed E-state index contributed by atoms with van der Waals surface area (Å²) in [6.07, 6.45) is 0.385. The maximum atomic E-state index is 13.8. The van der Waals surface area contributed by atoms with Gasteiger partial charge in [-0.1, -0.05) is 27.5 Å². The summed E-state index contributed by atoms with van der Waals surface area (Å²) in [6.45, 7) is 6.07. The highest BCUT2D eigenvalue weighted by atomic mass is 79.9. The standard InChI is InChI=1S/C16H20BrClFNO5SSi/c1-27(2,3)25-16-13(21)14(9-4-5-11(18)12(19)8-9)24-15(16)10(17)6-7-20-26(22)23/h4-5,8,10,20-21H,6-7H2,1-3H3,(H,22,23). The van der Waals surface area contributed by atoms with Gasteiger partial charge in [-0.25, -0.2) is 13.3 Å². The van der Waals surface area contributed by atoms with E-state index in [4.69, 9.17) is 25.0 Å². The number of rotatable bonds is 8. The molecule has 0 saturated heterocycles. The fraction of sp³-hybridized carbons (Fsp3) is 0.375. The van der Waals surface area contributed by atoms with E-state index in [9.17, 15) is 13.7 Å². The van der Waals surface area contributed by atoms with E-state index in [-0.39, 0.29) is 28.8 Å². The maximum absolute atomic E-state index is 13.8. The number of furan rings is 1. The van der Waals surface area contributed by atoms with Gasteiger partial charge < -0.3 is 13.9 Å². The lowest BCUT2D eigenvalue weighted by Gasteiger charge is -2.20. The molecule has 11 heteroatoms. The first-order valence-electron chi connectivity index (χ1n) is 7.98. The topological polar surface area (TPSA) is 91.9 Å². The van der Waals surface area contributed by atoms with Gasteiger partial charge in [-0.3, -0.25) is 4.55 Å². The zero-order valence-electron chi connectivity index (χ0n) is 14.9. The van der Waals surface area contributed by atoms with E-state index in [0.29, 0.717) is 17.7 Å². The molecule has 2 unspecified atom stereocenters. The van der Waals surface area contributed by atoms with Gasteiger partial charge in [0, 0.05) is 12.1 Å². The zero-order chi connectivity index (χ0) is 20.4. The summed E-state index contributed by atoms with van der Waals surface area (Å²) in [5.74, 6) is -0.282. The molecule has 0 radical (unpaired) electrons. The molecule has 0 aliphatic heterocycles. The molecule has 0 fully saturated rings. The van der Waals surface area contributed by atoms with E-state index in [1.165, 1.54) is 18.2 Å². The number of halogens is 3. The summed E-state index contributed by atoms with van der Waals surface area (Å²) in [7, 11) is -2.10. The molecular weight excluding hydrogens is 481 g/mol. The lowest BCUT2D eigenvalue weighted by molar-refractivity contribution is 0.438. The number of nitrogens with one attached hydrogen (secondary N) is 1. The second-order valence-electron chi connectivity index (χ2n) is 6.72. The molecule has 0 spiro atoms. The van der Waals surface area contributed by atoms with Crippen LogP contribution in [0.15, 0.2) is 22.6 Å². The normalized spacial score (nSPS) is 14.2. The van der Waals surface area contributed by atoms with Crippen molar-refractivity contribution in [3.05, 3.63) is 34.8 Å². The maximum Gasteiger partial charge on any atom is 0.242 e. The summed E-state index contributed by atoms with van der Waals surface area (Å²) in [5, 5.41) is 10.6. The van der Waals surface area contributed by atoms with Crippen LogP contribution in [0.25, 0.3) is 11.3 Å². The molecule has 1 aromatic heterocycles. The third-order valence-corrected chi connectivity index (χ3v) is 5.81. The number of hydrogen-bond acceptors (Lipinski definition) is 4. The second kappa shape index (κ2) is 9.06. The Morgan fingerprint density at radius 3 is 2.67 bits per heavy atom. The van der Waals surface area contributed by atoms with E-state index in [0.717, 1.165) is 0 Å². The quantitative estimate of drug-likeness (QED) is 0.263. The average Bonchev–Trinajstić information content (AvgIpc) is 2.85. The van der Waals surface area contributed by atoms with Crippen LogP contribution in [0.1, 0.15) is 17.0 Å². The molecule has 1 aromatic carbocycles. The minimum atomic E-state index is -2.12. The molecule has 150 valence electrons. The fourth-order valence-corrected chi connectivity index (χ4v) is 4.02. The van der Waals surface area contributed by atoms with Crippen LogP contribution >= 0.6 is 27.5 Å². The van der Waals surface area contributed by atoms with Crippen molar-refractivity contribution in [3.8, 4) is 22.8 Å². The van der Waals surface area contributed by atoms with Gasteiger partial charge in [-0.2, -0.15) is 0 Å². The van der Waals surface area contributed by atoms with Gasteiger partial charge in [0.15, 0.2) is 17.3 Å². The molecule has 1 heterocycles. The number of aromatic hydroxyl groups is 1. The number of alkyl halides is 1. The summed E-state index contributed by atoms with van der Waals surface area (Å²) >= 11 is 7.05. The minimum Gasteiger partial charge on any atom is -0.539 e. The van der Waals surface area contributed by atoms with E-state index < -0.39 is 30.2 Å². The summed E-state index contributed by atoms with van der Waals surface area (Å²) in [6, 6.07) is 4.08. The predicted molar refractivity (Wildman–Crippen MR) is 110 cm³/mol. The van der Waals surface area contributed by atoms with Crippen molar-refractivity contribution in [3.63, 3.8) is 0 Å². The van der Waals surface area contributed by atoms with Crippen molar-refractivity contribution in [2.45, 2.75) is 30.9 Å². The van der Waals surface area contributed by atoms with Crippen LogP contribution in [0.2, 0.25) is 24.7 Å². The molecule has 0 amide bonds. The van der Waals surface area contributed by atoms with Crippen molar-refractivity contribution < 1.29 is 27.1 Å². The summed E-state index contributed by atoms with van der Waals surface area (Å²) in [5.41, 5.74) is 0.315. The molecule has 0 aliphatic carbocycles. The van der Waals surface area contributed by atoms with E-state index in [2.05, 4.69) is 20.7 Å². The average molecular weight is 501 g/mol. The molecular formula is C16H20BrClFNO5SSi. The monoisotopic (exact) mass is 499 g/mol. The predicted octanol–water partition coefficient (Wildman–Crippen LogP) is 5.21. The van der Waals surface area contributed by atoms with Gasteiger partial charge >= 0.3 is 0 Å². The molecule has 0 saturated carbocycles. The van der Waals surface area contributed by atoms with Gasteiger partial charge in [-0.05, 0) is 44.3 Å². The van der Waals surface area contributed by atoms with Gasteiger partial charge in [0.1, 0.15) is 5.82 Å². The first kappa shape index (κ1) is 22.4. The molecule has 0 bridgehead atoms. The number of hydrogen-bond donors (Lipinski definition) is 3. The SMILES string of the molecule is C[Si](C)(C)Oc1c(C(Br)CCNS(=O)O)oc(-c2ccc(Cl)c(F)c2)c1O. The van der Waals surface area contributed by atoms with Gasteiger partial charge in [-0.15, -0.1) is 0 Å². The molecule has 2 atom stereocenters. The largest absolute Gasteiger partial charge is 0.539 e. The van der Waals surface area contributed by atoms with Crippen LogP contribution in [-0.2, 0) is 11.3 Å². The lowest BCUT2D eigenvalue weighted by atomic mass is 10.1. The first-order chi connectivity index (χ1) is 12.5. The Hall–Kier alpha value is -0.913. The smallest absolute Gasteiger partial charge is 0.242 e. The third-order valence-electron chi connectivity index (χ3n) is 3.36. The second-order valence-corrected chi connectivity index (χ2v) is 13.4. The third kappa shape index (κ3) is 6.03. The van der Waals surface area contributed by atoms with Crippen LogP contribution in [0.5, 0.6) is 11.5 Å². The van der Waals surface area contributed by atoms with Crippen LogP contribution in [0.4, 0.5) is 4.39 Å². The van der Waals surface area contributed by atoms with Crippen LogP contribution in [0, 0.1) is 5.82 Å². The van der Waals surface area contributed by atoms with Crippen molar-refractivity contribution in [1.82, 2.24) is 4.72 Å². The van der Waals surface area contributed by atoms with Crippen LogP contribution < -0.4 is 9.15 Å². The van der Waals surface area contributed by atoms with E-state index >= 15 is 0 Å². The van der Waals surface area contributed by atoms with Crippen LogP contribution in [0.3, 0.4) is 0 Å². The fourth-order valence-electron chi connectivity index (χ4n) is 2.27. The Labute approximate surface area is 173 Å². The molecule has 27 heavy (non-hydrogen) atoms. The highest BCUT2D eigenvalue weighted by Gasteiger charge is 2.30. The van der Waals surface area contributed by atoms with E-state index in [1.54, 1.807) is 0 Å². The highest BCUT2D eigenvalue weighted by molar-refractivity contribution is 9.09. The summed E-state index contributed by atoms with van der Waals surface area (Å²) < 4.78 is 47.5. The Bertz CT molecular complexity index is 845. The Morgan fingerprint density at radius 2 is 2.11 bits per heavy atom. The number of benzene rings is 1. The van der Waals surface area contributed by atoms with Gasteiger partial charge in [0.05, 0.1) is 9.85 Å². The van der Waals surface area contributed by atoms with Crippen molar-refractivity contribution >= 4 is 47.1 Å². The Balaban J connectivity index is 2.44. The molecule has 2 aromatic rings.